The van der Waals surface area contributed by atoms with Crippen LogP contribution < -0.4 is 11.5 Å². The Morgan fingerprint density at radius 1 is 1.25 bits per heavy atom. The molecule has 0 radical (unpaired) electrons. The van der Waals surface area contributed by atoms with Gasteiger partial charge in [-0.1, -0.05) is 13.3 Å². The van der Waals surface area contributed by atoms with Gasteiger partial charge in [0.15, 0.2) is 0 Å². The van der Waals surface area contributed by atoms with Crippen molar-refractivity contribution < 1.29 is 9.59 Å². The zero-order chi connectivity index (χ0) is 9.56. The lowest BCUT2D eigenvalue weighted by atomic mass is 9.96. The van der Waals surface area contributed by atoms with E-state index in [9.17, 15) is 9.59 Å². The maximum absolute atomic E-state index is 10.5. The minimum Gasteiger partial charge on any atom is -0.370 e. The van der Waals surface area contributed by atoms with Gasteiger partial charge in [0.2, 0.25) is 11.8 Å². The van der Waals surface area contributed by atoms with Crippen LogP contribution in [-0.2, 0) is 9.59 Å². The number of amides is 2. The van der Waals surface area contributed by atoms with Crippen LogP contribution in [0.2, 0.25) is 0 Å². The molecule has 0 aliphatic carbocycles. The van der Waals surface area contributed by atoms with E-state index in [0.29, 0.717) is 19.3 Å². The molecule has 0 aromatic carbocycles. The fraction of sp³-hybridized carbons (Fsp3) is 0.750. The second kappa shape index (κ2) is 5.57. The van der Waals surface area contributed by atoms with Crippen LogP contribution in [0.5, 0.6) is 0 Å². The van der Waals surface area contributed by atoms with E-state index in [1.807, 2.05) is 6.92 Å². The van der Waals surface area contributed by atoms with Crippen LogP contribution in [0, 0.1) is 5.92 Å². The van der Waals surface area contributed by atoms with Gasteiger partial charge in [0.05, 0.1) is 0 Å². The molecule has 0 fully saturated rings. The summed E-state index contributed by atoms with van der Waals surface area (Å²) in [6.07, 6.45) is 2.21. The number of rotatable bonds is 6. The predicted molar refractivity (Wildman–Crippen MR) is 46.0 cm³/mol. The van der Waals surface area contributed by atoms with E-state index in [2.05, 4.69) is 0 Å². The number of hydrogen-bond donors (Lipinski definition) is 2. The van der Waals surface area contributed by atoms with Gasteiger partial charge in [-0.05, 0) is 12.3 Å². The molecular weight excluding hydrogens is 156 g/mol. The highest BCUT2D eigenvalue weighted by molar-refractivity contribution is 5.75. The molecule has 1 atom stereocenters. The van der Waals surface area contributed by atoms with E-state index in [1.165, 1.54) is 0 Å². The Morgan fingerprint density at radius 3 is 2.17 bits per heavy atom. The molecule has 1 unspecified atom stereocenters. The highest BCUT2D eigenvalue weighted by Crippen LogP contribution is 2.14. The topological polar surface area (TPSA) is 86.2 Å². The molecule has 0 rings (SSSR count). The van der Waals surface area contributed by atoms with Gasteiger partial charge in [-0.25, -0.2) is 0 Å². The second-order valence-electron chi connectivity index (χ2n) is 2.95. The molecule has 0 saturated carbocycles. The summed E-state index contributed by atoms with van der Waals surface area (Å²) in [5.74, 6) is -0.431. The normalized spacial score (nSPS) is 12.4. The van der Waals surface area contributed by atoms with Gasteiger partial charge in [0.1, 0.15) is 0 Å². The van der Waals surface area contributed by atoms with Gasteiger partial charge in [-0.15, -0.1) is 0 Å². The molecule has 70 valence electrons. The van der Waals surface area contributed by atoms with E-state index in [-0.39, 0.29) is 17.7 Å². The summed E-state index contributed by atoms with van der Waals surface area (Å²) in [6.45, 7) is 1.97. The summed E-state index contributed by atoms with van der Waals surface area (Å²) in [5, 5.41) is 0. The first kappa shape index (κ1) is 10.9. The molecule has 0 heterocycles. The molecular formula is C8H16N2O2. The smallest absolute Gasteiger partial charge is 0.217 e. The molecule has 0 spiro atoms. The Morgan fingerprint density at radius 2 is 1.83 bits per heavy atom. The molecule has 12 heavy (non-hydrogen) atoms. The van der Waals surface area contributed by atoms with Crippen molar-refractivity contribution in [2.45, 2.75) is 32.6 Å². The summed E-state index contributed by atoms with van der Waals surface area (Å²) < 4.78 is 0. The molecule has 4 N–H and O–H groups in total. The molecule has 0 aliphatic heterocycles. The molecule has 0 aromatic rings. The number of primary amides is 2. The van der Waals surface area contributed by atoms with E-state index in [4.69, 9.17) is 11.5 Å². The quantitative estimate of drug-likeness (QED) is 0.597. The van der Waals surface area contributed by atoms with Crippen LogP contribution in [0.1, 0.15) is 32.6 Å². The SMILES string of the molecule is CCC(CCC(N)=O)CC(N)=O. The third-order valence-electron chi connectivity index (χ3n) is 1.87. The molecule has 0 saturated heterocycles. The largest absolute Gasteiger partial charge is 0.370 e. The number of hydrogen-bond acceptors (Lipinski definition) is 2. The van der Waals surface area contributed by atoms with Crippen molar-refractivity contribution in [2.75, 3.05) is 0 Å². The molecule has 4 heteroatoms. The Hall–Kier alpha value is -1.06. The Labute approximate surface area is 72.3 Å². The monoisotopic (exact) mass is 172 g/mol. The molecule has 4 nitrogen and oxygen atoms in total. The maximum atomic E-state index is 10.5. The maximum Gasteiger partial charge on any atom is 0.217 e. The summed E-state index contributed by atoms with van der Waals surface area (Å²) in [4.78, 5) is 20.9. The number of carbonyl (C=O) groups is 2. The molecule has 0 aliphatic rings. The lowest BCUT2D eigenvalue weighted by Gasteiger charge is -2.10. The zero-order valence-corrected chi connectivity index (χ0v) is 7.38. The van der Waals surface area contributed by atoms with Crippen molar-refractivity contribution in [3.63, 3.8) is 0 Å². The zero-order valence-electron chi connectivity index (χ0n) is 7.38. The van der Waals surface area contributed by atoms with Gasteiger partial charge in [0.25, 0.3) is 0 Å². The van der Waals surface area contributed by atoms with Gasteiger partial charge in [-0.2, -0.15) is 0 Å². The van der Waals surface area contributed by atoms with Crippen molar-refractivity contribution in [1.82, 2.24) is 0 Å². The average Bonchev–Trinajstić information content (AvgIpc) is 1.97. The third kappa shape index (κ3) is 5.70. The summed E-state index contributed by atoms with van der Waals surface area (Å²) in [7, 11) is 0. The minimum absolute atomic E-state index is 0.204. The van der Waals surface area contributed by atoms with Crippen LogP contribution in [0.4, 0.5) is 0 Å². The van der Waals surface area contributed by atoms with E-state index >= 15 is 0 Å². The van der Waals surface area contributed by atoms with Crippen LogP contribution in [-0.4, -0.2) is 11.8 Å². The second-order valence-corrected chi connectivity index (χ2v) is 2.95. The first-order valence-electron chi connectivity index (χ1n) is 4.12. The van der Waals surface area contributed by atoms with Gasteiger partial charge in [-0.3, -0.25) is 9.59 Å². The molecule has 0 aromatic heterocycles. The van der Waals surface area contributed by atoms with Crippen molar-refractivity contribution in [1.29, 1.82) is 0 Å². The van der Waals surface area contributed by atoms with Gasteiger partial charge >= 0.3 is 0 Å². The van der Waals surface area contributed by atoms with Crippen molar-refractivity contribution in [2.24, 2.45) is 17.4 Å². The van der Waals surface area contributed by atoms with Gasteiger partial charge in [0, 0.05) is 12.8 Å². The summed E-state index contributed by atoms with van der Waals surface area (Å²) in [5.41, 5.74) is 9.99. The predicted octanol–water partition coefficient (Wildman–Crippen LogP) is 0.153. The van der Waals surface area contributed by atoms with Crippen molar-refractivity contribution >= 4 is 11.8 Å². The average molecular weight is 172 g/mol. The van der Waals surface area contributed by atoms with Crippen molar-refractivity contribution in [3.8, 4) is 0 Å². The fourth-order valence-corrected chi connectivity index (χ4v) is 1.08. The van der Waals surface area contributed by atoms with Crippen LogP contribution in [0.15, 0.2) is 0 Å². The third-order valence-corrected chi connectivity index (χ3v) is 1.87. The van der Waals surface area contributed by atoms with E-state index in [0.717, 1.165) is 6.42 Å². The molecule has 2 amide bonds. The lowest BCUT2D eigenvalue weighted by Crippen LogP contribution is -2.18. The van der Waals surface area contributed by atoms with Crippen LogP contribution in [0.25, 0.3) is 0 Å². The van der Waals surface area contributed by atoms with E-state index < -0.39 is 0 Å². The highest BCUT2D eigenvalue weighted by atomic mass is 16.1. The Balaban J connectivity index is 3.67. The standard InChI is InChI=1S/C8H16N2O2/c1-2-6(5-8(10)12)3-4-7(9)11/h6H,2-5H2,1H3,(H2,9,11)(H2,10,12). The van der Waals surface area contributed by atoms with Crippen LogP contribution >= 0.6 is 0 Å². The number of carbonyl (C=O) groups excluding carboxylic acids is 2. The first-order valence-corrected chi connectivity index (χ1v) is 4.12. The van der Waals surface area contributed by atoms with Crippen LogP contribution in [0.3, 0.4) is 0 Å². The first-order chi connectivity index (χ1) is 5.56. The minimum atomic E-state index is -0.321. The Kier molecular flexibility index (Phi) is 5.08. The van der Waals surface area contributed by atoms with E-state index in [1.54, 1.807) is 0 Å². The van der Waals surface area contributed by atoms with Gasteiger partial charge < -0.3 is 11.5 Å². The Bertz CT molecular complexity index is 168. The highest BCUT2D eigenvalue weighted by Gasteiger charge is 2.10. The summed E-state index contributed by atoms with van der Waals surface area (Å²) >= 11 is 0. The fourth-order valence-electron chi connectivity index (χ4n) is 1.08. The molecule has 0 bridgehead atoms. The summed E-state index contributed by atoms with van der Waals surface area (Å²) in [6, 6.07) is 0. The lowest BCUT2D eigenvalue weighted by molar-refractivity contribution is -0.120. The van der Waals surface area contributed by atoms with Crippen molar-refractivity contribution in [3.05, 3.63) is 0 Å². The number of nitrogens with two attached hydrogens (primary N) is 2.